The minimum atomic E-state index is -2.93. The molecule has 0 N–H and O–H groups in total. The molecule has 1 amide bonds. The highest BCUT2D eigenvalue weighted by Crippen LogP contribution is 2.54. The largest absolute Gasteiger partial charge is 0.456 e. The van der Waals surface area contributed by atoms with Gasteiger partial charge in [-0.2, -0.15) is 8.78 Å². The number of thioether (sulfide) groups is 1. The fourth-order valence-electron chi connectivity index (χ4n) is 5.36. The molecule has 39 heavy (non-hydrogen) atoms. The van der Waals surface area contributed by atoms with Crippen LogP contribution in [0.5, 0.6) is 5.75 Å². The van der Waals surface area contributed by atoms with Crippen molar-refractivity contribution in [1.82, 2.24) is 9.47 Å². The standard InChI is InChI=1S/C28H25F3N2O5S/c1-16-13-22(17(2)32(16)20-7-9-21(10-8-20)38-27(30)31)24(34)14-37-26(36)23-15-39-28(12-11-25(35)33(23)28)18-3-5-19(29)6-4-18/h3-10,13,23,27H,11-12,14-15H2,1-2H3. The predicted molar refractivity (Wildman–Crippen MR) is 138 cm³/mol. The smallest absolute Gasteiger partial charge is 0.387 e. The summed E-state index contributed by atoms with van der Waals surface area (Å²) in [5.41, 5.74) is 3.07. The van der Waals surface area contributed by atoms with Gasteiger partial charge < -0.3 is 18.9 Å². The number of amides is 1. The molecule has 1 aromatic heterocycles. The predicted octanol–water partition coefficient (Wildman–Crippen LogP) is 5.15. The van der Waals surface area contributed by atoms with Gasteiger partial charge in [0.15, 0.2) is 6.61 Å². The number of rotatable bonds is 8. The molecule has 204 valence electrons. The Kier molecular flexibility index (Phi) is 7.19. The quantitative estimate of drug-likeness (QED) is 0.281. The van der Waals surface area contributed by atoms with E-state index in [1.54, 1.807) is 48.7 Å². The first-order valence-corrected chi connectivity index (χ1v) is 13.3. The molecule has 3 aromatic rings. The molecule has 2 fully saturated rings. The van der Waals surface area contributed by atoms with Gasteiger partial charge in [-0.05, 0) is 68.3 Å². The van der Waals surface area contributed by atoms with Crippen LogP contribution >= 0.6 is 11.8 Å². The number of halogens is 3. The Bertz CT molecular complexity index is 1420. The molecule has 3 heterocycles. The van der Waals surface area contributed by atoms with Crippen LogP contribution in [0.1, 0.15) is 40.2 Å². The van der Waals surface area contributed by atoms with Crippen molar-refractivity contribution in [3.8, 4) is 11.4 Å². The van der Waals surface area contributed by atoms with Crippen LogP contribution in [-0.2, 0) is 19.2 Å². The topological polar surface area (TPSA) is 77.8 Å². The lowest BCUT2D eigenvalue weighted by Gasteiger charge is -2.33. The van der Waals surface area contributed by atoms with E-state index in [1.807, 2.05) is 0 Å². The average Bonchev–Trinajstić information content (AvgIpc) is 3.55. The number of benzene rings is 2. The van der Waals surface area contributed by atoms with Gasteiger partial charge in [-0.1, -0.05) is 12.1 Å². The van der Waals surface area contributed by atoms with E-state index in [1.165, 1.54) is 40.9 Å². The van der Waals surface area contributed by atoms with Gasteiger partial charge in [0.05, 0.1) is 0 Å². The summed E-state index contributed by atoms with van der Waals surface area (Å²) >= 11 is 1.44. The third kappa shape index (κ3) is 4.91. The average molecular weight is 559 g/mol. The Morgan fingerprint density at radius 1 is 1.10 bits per heavy atom. The molecule has 0 saturated carbocycles. The van der Waals surface area contributed by atoms with E-state index < -0.39 is 35.9 Å². The number of fused-ring (bicyclic) bond motifs is 1. The number of Topliss-reactive ketones (excluding diaryl/α,β-unsaturated/α-hetero) is 1. The molecule has 0 aliphatic carbocycles. The van der Waals surface area contributed by atoms with Gasteiger partial charge >= 0.3 is 12.6 Å². The molecule has 0 radical (unpaired) electrons. The highest BCUT2D eigenvalue weighted by Gasteiger charge is 2.57. The molecule has 2 aromatic carbocycles. The van der Waals surface area contributed by atoms with Crippen LogP contribution in [0.25, 0.3) is 5.69 Å². The Balaban J connectivity index is 1.28. The van der Waals surface area contributed by atoms with Crippen molar-refractivity contribution in [3.05, 3.63) is 82.9 Å². The van der Waals surface area contributed by atoms with E-state index in [-0.39, 0.29) is 23.9 Å². The van der Waals surface area contributed by atoms with E-state index in [2.05, 4.69) is 4.74 Å². The second kappa shape index (κ2) is 10.4. The van der Waals surface area contributed by atoms with Crippen LogP contribution in [0.4, 0.5) is 13.2 Å². The summed E-state index contributed by atoms with van der Waals surface area (Å²) in [6.07, 6.45) is 0.750. The van der Waals surface area contributed by atoms with E-state index in [4.69, 9.17) is 4.74 Å². The molecule has 2 unspecified atom stereocenters. The first-order chi connectivity index (χ1) is 18.6. The van der Waals surface area contributed by atoms with Gasteiger partial charge in [0.2, 0.25) is 11.7 Å². The lowest BCUT2D eigenvalue weighted by molar-refractivity contribution is -0.152. The Morgan fingerprint density at radius 2 is 1.79 bits per heavy atom. The van der Waals surface area contributed by atoms with Crippen LogP contribution in [-0.4, -0.2) is 52.1 Å². The van der Waals surface area contributed by atoms with E-state index in [0.717, 1.165) is 11.3 Å². The highest BCUT2D eigenvalue weighted by molar-refractivity contribution is 8.00. The van der Waals surface area contributed by atoms with E-state index >= 15 is 0 Å². The number of aromatic nitrogens is 1. The molecular weight excluding hydrogens is 533 g/mol. The SMILES string of the molecule is Cc1cc(C(=O)COC(=O)C2CSC3(c4ccc(F)cc4)CCC(=O)N23)c(C)n1-c1ccc(OC(F)F)cc1. The molecule has 7 nitrogen and oxygen atoms in total. The minimum Gasteiger partial charge on any atom is -0.456 e. The monoisotopic (exact) mass is 558 g/mol. The summed E-state index contributed by atoms with van der Waals surface area (Å²) < 4.78 is 50.0. The maximum absolute atomic E-state index is 13.5. The van der Waals surface area contributed by atoms with Crippen LogP contribution in [0, 0.1) is 19.7 Å². The molecule has 2 aliphatic heterocycles. The fraction of sp³-hybridized carbons (Fsp3) is 0.321. The van der Waals surface area contributed by atoms with Crippen molar-refractivity contribution >= 4 is 29.4 Å². The molecule has 2 atom stereocenters. The van der Waals surface area contributed by atoms with Crippen LogP contribution in [0.15, 0.2) is 54.6 Å². The number of hydrogen-bond acceptors (Lipinski definition) is 6. The lowest BCUT2D eigenvalue weighted by Crippen LogP contribution is -2.47. The maximum atomic E-state index is 13.5. The molecule has 0 bridgehead atoms. The molecule has 0 spiro atoms. The minimum absolute atomic E-state index is 0.0180. The van der Waals surface area contributed by atoms with Gasteiger partial charge in [-0.25, -0.2) is 9.18 Å². The maximum Gasteiger partial charge on any atom is 0.387 e. The third-order valence-electron chi connectivity index (χ3n) is 7.09. The summed E-state index contributed by atoms with van der Waals surface area (Å²) in [6.45, 7) is 0.0999. The number of alkyl halides is 2. The van der Waals surface area contributed by atoms with Gasteiger partial charge in [0.1, 0.15) is 22.5 Å². The van der Waals surface area contributed by atoms with Crippen LogP contribution in [0.2, 0.25) is 0 Å². The normalized spacial score (nSPS) is 20.4. The summed E-state index contributed by atoms with van der Waals surface area (Å²) in [5, 5.41) is 0. The zero-order valence-electron chi connectivity index (χ0n) is 21.2. The fourth-order valence-corrected chi connectivity index (χ4v) is 6.99. The summed E-state index contributed by atoms with van der Waals surface area (Å²) in [4.78, 5) is 39.7. The van der Waals surface area contributed by atoms with Crippen molar-refractivity contribution < 1.29 is 37.0 Å². The van der Waals surface area contributed by atoms with E-state index in [9.17, 15) is 27.6 Å². The molecule has 2 saturated heterocycles. The molecular formula is C28H25F3N2O5S. The number of carbonyl (C=O) groups excluding carboxylic acids is 3. The van der Waals surface area contributed by atoms with E-state index in [0.29, 0.717) is 29.1 Å². The number of aryl methyl sites for hydroxylation is 1. The number of carbonyl (C=O) groups is 3. The van der Waals surface area contributed by atoms with Crippen LogP contribution < -0.4 is 4.74 Å². The van der Waals surface area contributed by atoms with Crippen LogP contribution in [0.3, 0.4) is 0 Å². The first kappa shape index (κ1) is 26.9. The zero-order valence-corrected chi connectivity index (χ0v) is 22.0. The number of nitrogens with zero attached hydrogens (tertiary/aromatic N) is 2. The van der Waals surface area contributed by atoms with Crippen molar-refractivity contribution in [1.29, 1.82) is 0 Å². The van der Waals surface area contributed by atoms with Gasteiger partial charge in [0.25, 0.3) is 0 Å². The molecule has 5 rings (SSSR count). The second-order valence-corrected chi connectivity index (χ2v) is 10.7. The third-order valence-corrected chi connectivity index (χ3v) is 8.69. The van der Waals surface area contributed by atoms with Gasteiger partial charge in [-0.3, -0.25) is 9.59 Å². The second-order valence-electron chi connectivity index (χ2n) is 9.41. The number of ketones is 1. The molecule has 11 heteroatoms. The summed E-state index contributed by atoms with van der Waals surface area (Å²) in [7, 11) is 0. The number of esters is 1. The van der Waals surface area contributed by atoms with Gasteiger partial charge in [-0.15, -0.1) is 11.8 Å². The summed E-state index contributed by atoms with van der Waals surface area (Å²) in [6, 6.07) is 12.8. The van der Waals surface area contributed by atoms with Crippen molar-refractivity contribution in [2.75, 3.05) is 12.4 Å². The highest BCUT2D eigenvalue weighted by atomic mass is 32.2. The Hall–Kier alpha value is -3.73. The van der Waals surface area contributed by atoms with Crippen molar-refractivity contribution in [2.45, 2.75) is 44.2 Å². The Morgan fingerprint density at radius 3 is 2.46 bits per heavy atom. The Labute approximate surface area is 226 Å². The number of hydrogen-bond donors (Lipinski definition) is 0. The summed E-state index contributed by atoms with van der Waals surface area (Å²) in [5.74, 6) is -1.34. The number of ether oxygens (including phenoxy) is 2. The molecule has 2 aliphatic rings. The van der Waals surface area contributed by atoms with Crippen molar-refractivity contribution in [2.24, 2.45) is 0 Å². The van der Waals surface area contributed by atoms with Gasteiger partial charge in [0, 0.05) is 34.8 Å². The lowest BCUT2D eigenvalue weighted by atomic mass is 10.0. The first-order valence-electron chi connectivity index (χ1n) is 12.3. The van der Waals surface area contributed by atoms with Crippen molar-refractivity contribution in [3.63, 3.8) is 0 Å². The zero-order chi connectivity index (χ0) is 27.9.